The fourth-order valence-electron chi connectivity index (χ4n) is 2.61. The number of aliphatic hydroxyl groups is 1. The van der Waals surface area contributed by atoms with Crippen molar-refractivity contribution in [2.24, 2.45) is 5.92 Å². The molecule has 0 spiro atoms. The van der Waals surface area contributed by atoms with Gasteiger partial charge in [0.25, 0.3) is 0 Å². The molecule has 1 aliphatic carbocycles. The molecule has 3 N–H and O–H groups in total. The van der Waals surface area contributed by atoms with Crippen molar-refractivity contribution in [1.29, 1.82) is 0 Å². The molecule has 82 valence electrons. The van der Waals surface area contributed by atoms with Gasteiger partial charge >= 0.3 is 0 Å². The molecule has 3 atom stereocenters. The van der Waals surface area contributed by atoms with Crippen molar-refractivity contribution in [1.82, 2.24) is 10.6 Å². The molecule has 3 nitrogen and oxygen atoms in total. The first-order valence-corrected chi connectivity index (χ1v) is 5.97. The van der Waals surface area contributed by atoms with E-state index < -0.39 is 0 Å². The Morgan fingerprint density at radius 3 is 2.93 bits per heavy atom. The minimum Gasteiger partial charge on any atom is -0.393 e. The van der Waals surface area contributed by atoms with Crippen molar-refractivity contribution >= 4 is 0 Å². The quantitative estimate of drug-likeness (QED) is 0.618. The van der Waals surface area contributed by atoms with Crippen molar-refractivity contribution in [2.45, 2.75) is 44.2 Å². The molecule has 14 heavy (non-hydrogen) atoms. The largest absolute Gasteiger partial charge is 0.393 e. The van der Waals surface area contributed by atoms with Gasteiger partial charge in [0, 0.05) is 12.6 Å². The van der Waals surface area contributed by atoms with E-state index in [1.54, 1.807) is 0 Å². The van der Waals surface area contributed by atoms with Crippen LogP contribution in [-0.4, -0.2) is 36.9 Å². The van der Waals surface area contributed by atoms with Crippen LogP contribution in [-0.2, 0) is 0 Å². The van der Waals surface area contributed by atoms with E-state index in [2.05, 4.69) is 10.6 Å². The zero-order chi connectivity index (χ0) is 9.80. The summed E-state index contributed by atoms with van der Waals surface area (Å²) in [4.78, 5) is 0. The van der Waals surface area contributed by atoms with Crippen LogP contribution in [0.1, 0.15) is 32.1 Å². The molecule has 3 heteroatoms. The van der Waals surface area contributed by atoms with Crippen molar-refractivity contribution in [2.75, 3.05) is 19.6 Å². The summed E-state index contributed by atoms with van der Waals surface area (Å²) < 4.78 is 0. The molecule has 0 aromatic heterocycles. The Bertz CT molecular complexity index is 169. The summed E-state index contributed by atoms with van der Waals surface area (Å²) in [5, 5.41) is 16.5. The lowest BCUT2D eigenvalue weighted by molar-refractivity contribution is 0.0998. The summed E-state index contributed by atoms with van der Waals surface area (Å²) in [6.07, 6.45) is 5.75. The smallest absolute Gasteiger partial charge is 0.0543 e. The van der Waals surface area contributed by atoms with Crippen molar-refractivity contribution in [3.05, 3.63) is 0 Å². The molecular formula is C11H22N2O. The van der Waals surface area contributed by atoms with Crippen molar-refractivity contribution < 1.29 is 5.11 Å². The minimum absolute atomic E-state index is 0.0303. The van der Waals surface area contributed by atoms with Gasteiger partial charge in [0.2, 0.25) is 0 Å². The molecule has 1 saturated heterocycles. The number of aliphatic hydroxyl groups excluding tert-OH is 1. The number of nitrogens with one attached hydrogen (secondary N) is 2. The number of hydrogen-bond acceptors (Lipinski definition) is 3. The highest BCUT2D eigenvalue weighted by molar-refractivity contribution is 4.80. The van der Waals surface area contributed by atoms with E-state index in [1.807, 2.05) is 0 Å². The molecule has 3 unspecified atom stereocenters. The summed E-state index contributed by atoms with van der Waals surface area (Å²) >= 11 is 0. The maximum absolute atomic E-state index is 9.53. The second kappa shape index (κ2) is 5.10. The van der Waals surface area contributed by atoms with Crippen LogP contribution in [0.15, 0.2) is 0 Å². The van der Waals surface area contributed by atoms with Gasteiger partial charge in [0.15, 0.2) is 0 Å². The lowest BCUT2D eigenvalue weighted by atomic mass is 9.87. The molecule has 2 fully saturated rings. The van der Waals surface area contributed by atoms with Gasteiger partial charge in [-0.3, -0.25) is 0 Å². The second-order valence-corrected chi connectivity index (χ2v) is 4.78. The monoisotopic (exact) mass is 198 g/mol. The molecule has 2 rings (SSSR count). The Morgan fingerprint density at radius 2 is 2.21 bits per heavy atom. The normalized spacial score (nSPS) is 38.8. The van der Waals surface area contributed by atoms with Crippen LogP contribution in [0.4, 0.5) is 0 Å². The van der Waals surface area contributed by atoms with Crippen molar-refractivity contribution in [3.8, 4) is 0 Å². The third kappa shape index (κ3) is 2.94. The van der Waals surface area contributed by atoms with Gasteiger partial charge in [-0.1, -0.05) is 6.42 Å². The Balaban J connectivity index is 1.64. The summed E-state index contributed by atoms with van der Waals surface area (Å²) in [6.45, 7) is 3.38. The summed E-state index contributed by atoms with van der Waals surface area (Å²) in [5.41, 5.74) is 0. The molecule has 0 bridgehead atoms. The Kier molecular flexibility index (Phi) is 3.79. The highest BCUT2D eigenvalue weighted by Crippen LogP contribution is 2.23. The van der Waals surface area contributed by atoms with Crippen LogP contribution in [0, 0.1) is 5.92 Å². The average Bonchev–Trinajstić information content (AvgIpc) is 2.67. The summed E-state index contributed by atoms with van der Waals surface area (Å²) in [6, 6.07) is 0.675. The standard InChI is InChI=1S/C11H22N2O/c14-11-3-1-2-9(6-11)7-13-10-4-5-12-8-10/h9-14H,1-8H2. The maximum Gasteiger partial charge on any atom is 0.0543 e. The van der Waals surface area contributed by atoms with Crippen LogP contribution in [0.3, 0.4) is 0 Å². The van der Waals surface area contributed by atoms with E-state index in [1.165, 1.54) is 19.3 Å². The number of hydrogen-bond donors (Lipinski definition) is 3. The van der Waals surface area contributed by atoms with Gasteiger partial charge in [-0.2, -0.15) is 0 Å². The average molecular weight is 198 g/mol. The zero-order valence-corrected chi connectivity index (χ0v) is 8.84. The molecule has 1 aliphatic heterocycles. The van der Waals surface area contributed by atoms with Gasteiger partial charge in [-0.15, -0.1) is 0 Å². The molecule has 0 radical (unpaired) electrons. The van der Waals surface area contributed by atoms with E-state index >= 15 is 0 Å². The van der Waals surface area contributed by atoms with Crippen LogP contribution in [0.2, 0.25) is 0 Å². The topological polar surface area (TPSA) is 44.3 Å². The first-order chi connectivity index (χ1) is 6.84. The Morgan fingerprint density at radius 1 is 1.29 bits per heavy atom. The molecule has 0 amide bonds. The highest BCUT2D eigenvalue weighted by atomic mass is 16.3. The van der Waals surface area contributed by atoms with E-state index in [-0.39, 0.29) is 6.10 Å². The molecule has 0 aromatic carbocycles. The molecule has 1 heterocycles. The highest BCUT2D eigenvalue weighted by Gasteiger charge is 2.21. The van der Waals surface area contributed by atoms with E-state index in [4.69, 9.17) is 0 Å². The zero-order valence-electron chi connectivity index (χ0n) is 8.84. The first-order valence-electron chi connectivity index (χ1n) is 5.97. The Labute approximate surface area is 86.3 Å². The predicted molar refractivity (Wildman–Crippen MR) is 57.2 cm³/mol. The van der Waals surface area contributed by atoms with Crippen LogP contribution in [0.5, 0.6) is 0 Å². The van der Waals surface area contributed by atoms with Gasteiger partial charge in [0.1, 0.15) is 0 Å². The third-order valence-electron chi connectivity index (χ3n) is 3.51. The second-order valence-electron chi connectivity index (χ2n) is 4.78. The van der Waals surface area contributed by atoms with Crippen LogP contribution >= 0.6 is 0 Å². The van der Waals surface area contributed by atoms with Gasteiger partial charge in [-0.25, -0.2) is 0 Å². The van der Waals surface area contributed by atoms with E-state index in [0.717, 1.165) is 32.5 Å². The maximum atomic E-state index is 9.53. The SMILES string of the molecule is OC1CCCC(CNC2CCNC2)C1. The predicted octanol–water partition coefficient (Wildman–Crippen LogP) is 0.489. The number of rotatable bonds is 3. The van der Waals surface area contributed by atoms with Gasteiger partial charge < -0.3 is 15.7 Å². The van der Waals surface area contributed by atoms with Gasteiger partial charge in [-0.05, 0) is 44.7 Å². The minimum atomic E-state index is -0.0303. The lowest BCUT2D eigenvalue weighted by Gasteiger charge is -2.27. The molecule has 2 aliphatic rings. The molecule has 1 saturated carbocycles. The molecular weight excluding hydrogens is 176 g/mol. The van der Waals surface area contributed by atoms with Crippen molar-refractivity contribution in [3.63, 3.8) is 0 Å². The van der Waals surface area contributed by atoms with Crippen LogP contribution < -0.4 is 10.6 Å². The van der Waals surface area contributed by atoms with Gasteiger partial charge in [0.05, 0.1) is 6.10 Å². The first kappa shape index (κ1) is 10.4. The fourth-order valence-corrected chi connectivity index (χ4v) is 2.61. The third-order valence-corrected chi connectivity index (χ3v) is 3.51. The van der Waals surface area contributed by atoms with E-state index in [9.17, 15) is 5.11 Å². The van der Waals surface area contributed by atoms with Crippen LogP contribution in [0.25, 0.3) is 0 Å². The fraction of sp³-hybridized carbons (Fsp3) is 1.00. The Hall–Kier alpha value is -0.120. The summed E-state index contributed by atoms with van der Waals surface area (Å²) in [5.74, 6) is 0.708. The molecule has 0 aromatic rings. The van der Waals surface area contributed by atoms with E-state index in [0.29, 0.717) is 12.0 Å². The lowest BCUT2D eigenvalue weighted by Crippen LogP contribution is -2.36. The summed E-state index contributed by atoms with van der Waals surface area (Å²) in [7, 11) is 0.